The Kier molecular flexibility index (Phi) is 3.41. The van der Waals surface area contributed by atoms with Gasteiger partial charge in [0, 0.05) is 6.04 Å². The maximum absolute atomic E-state index is 5.68. The number of nitrogens with one attached hydrogen (secondary N) is 1. The third-order valence-electron chi connectivity index (χ3n) is 2.61. The van der Waals surface area contributed by atoms with Crippen LogP contribution in [-0.4, -0.2) is 19.2 Å². The average molecular weight is 191 g/mol. The van der Waals surface area contributed by atoms with E-state index in [1.54, 1.807) is 0 Å². The van der Waals surface area contributed by atoms with Gasteiger partial charge in [-0.25, -0.2) is 0 Å². The Bertz CT molecular complexity index is 254. The SMILES string of the molecule is c1ccc(OC[C@H]2CCCCN2)cc1. The summed E-state index contributed by atoms with van der Waals surface area (Å²) in [5.41, 5.74) is 0. The van der Waals surface area contributed by atoms with Crippen molar-refractivity contribution in [2.75, 3.05) is 13.2 Å². The molecule has 1 aliphatic rings. The Morgan fingerprint density at radius 3 is 2.79 bits per heavy atom. The normalized spacial score (nSPS) is 21.9. The van der Waals surface area contributed by atoms with Crippen molar-refractivity contribution < 1.29 is 4.74 Å². The van der Waals surface area contributed by atoms with Crippen molar-refractivity contribution in [3.63, 3.8) is 0 Å². The first-order valence-electron chi connectivity index (χ1n) is 5.36. The first-order chi connectivity index (χ1) is 6.95. The largest absolute Gasteiger partial charge is 0.492 e. The van der Waals surface area contributed by atoms with E-state index in [9.17, 15) is 0 Å². The van der Waals surface area contributed by atoms with Crippen LogP contribution in [0, 0.1) is 0 Å². The van der Waals surface area contributed by atoms with E-state index < -0.39 is 0 Å². The molecule has 1 heterocycles. The van der Waals surface area contributed by atoms with E-state index in [1.165, 1.54) is 19.3 Å². The molecule has 2 rings (SSSR count). The van der Waals surface area contributed by atoms with Gasteiger partial charge in [-0.3, -0.25) is 0 Å². The van der Waals surface area contributed by atoms with E-state index in [1.807, 2.05) is 30.3 Å². The van der Waals surface area contributed by atoms with Crippen LogP contribution in [0.15, 0.2) is 30.3 Å². The van der Waals surface area contributed by atoms with E-state index in [-0.39, 0.29) is 0 Å². The standard InChI is InChI=1S/C12H17NO/c1-2-7-12(8-3-1)14-10-11-6-4-5-9-13-11/h1-3,7-8,11,13H,4-6,9-10H2/t11-/m1/s1. The summed E-state index contributed by atoms with van der Waals surface area (Å²) < 4.78 is 5.68. The van der Waals surface area contributed by atoms with Crippen molar-refractivity contribution in [3.05, 3.63) is 30.3 Å². The van der Waals surface area contributed by atoms with Crippen LogP contribution in [0.5, 0.6) is 5.75 Å². The summed E-state index contributed by atoms with van der Waals surface area (Å²) in [7, 11) is 0. The Labute approximate surface area is 85.3 Å². The highest BCUT2D eigenvalue weighted by atomic mass is 16.5. The molecule has 14 heavy (non-hydrogen) atoms. The highest BCUT2D eigenvalue weighted by molar-refractivity contribution is 5.20. The second-order valence-electron chi connectivity index (χ2n) is 3.77. The lowest BCUT2D eigenvalue weighted by molar-refractivity contribution is 0.239. The van der Waals surface area contributed by atoms with Crippen LogP contribution in [0.25, 0.3) is 0 Å². The van der Waals surface area contributed by atoms with Crippen molar-refractivity contribution in [1.29, 1.82) is 0 Å². The number of para-hydroxylation sites is 1. The van der Waals surface area contributed by atoms with Crippen LogP contribution in [0.1, 0.15) is 19.3 Å². The van der Waals surface area contributed by atoms with Gasteiger partial charge < -0.3 is 10.1 Å². The van der Waals surface area contributed by atoms with Crippen LogP contribution in [0.4, 0.5) is 0 Å². The molecule has 0 bridgehead atoms. The molecule has 0 unspecified atom stereocenters. The number of benzene rings is 1. The Hall–Kier alpha value is -1.02. The molecular formula is C12H17NO. The summed E-state index contributed by atoms with van der Waals surface area (Å²) >= 11 is 0. The van der Waals surface area contributed by atoms with Gasteiger partial charge in [0.1, 0.15) is 12.4 Å². The second-order valence-corrected chi connectivity index (χ2v) is 3.77. The Balaban J connectivity index is 1.76. The fourth-order valence-electron chi connectivity index (χ4n) is 1.78. The first-order valence-corrected chi connectivity index (χ1v) is 5.36. The molecule has 1 atom stereocenters. The zero-order chi connectivity index (χ0) is 9.64. The topological polar surface area (TPSA) is 21.3 Å². The first kappa shape index (κ1) is 9.53. The lowest BCUT2D eigenvalue weighted by Gasteiger charge is -2.23. The number of rotatable bonds is 3. The van der Waals surface area contributed by atoms with Crippen molar-refractivity contribution >= 4 is 0 Å². The van der Waals surface area contributed by atoms with Crippen LogP contribution < -0.4 is 10.1 Å². The van der Waals surface area contributed by atoms with Gasteiger partial charge in [0.05, 0.1) is 0 Å². The molecule has 0 saturated carbocycles. The lowest BCUT2D eigenvalue weighted by atomic mass is 10.1. The molecule has 1 N–H and O–H groups in total. The molecular weight excluding hydrogens is 174 g/mol. The molecule has 1 aliphatic heterocycles. The highest BCUT2D eigenvalue weighted by Gasteiger charge is 2.12. The van der Waals surface area contributed by atoms with E-state index in [2.05, 4.69) is 5.32 Å². The molecule has 1 aromatic rings. The van der Waals surface area contributed by atoms with Crippen LogP contribution >= 0.6 is 0 Å². The van der Waals surface area contributed by atoms with Crippen molar-refractivity contribution in [1.82, 2.24) is 5.32 Å². The molecule has 0 radical (unpaired) electrons. The summed E-state index contributed by atoms with van der Waals surface area (Å²) in [5, 5.41) is 3.46. The molecule has 76 valence electrons. The number of piperidine rings is 1. The smallest absolute Gasteiger partial charge is 0.119 e. The maximum Gasteiger partial charge on any atom is 0.119 e. The van der Waals surface area contributed by atoms with Crippen molar-refractivity contribution in [2.24, 2.45) is 0 Å². The summed E-state index contributed by atoms with van der Waals surface area (Å²) in [6.07, 6.45) is 3.88. The van der Waals surface area contributed by atoms with Gasteiger partial charge in [-0.05, 0) is 31.5 Å². The summed E-state index contributed by atoms with van der Waals surface area (Å²) in [6.45, 7) is 1.94. The molecule has 0 spiro atoms. The number of hydrogen-bond donors (Lipinski definition) is 1. The predicted octanol–water partition coefficient (Wildman–Crippen LogP) is 2.21. The van der Waals surface area contributed by atoms with Crippen LogP contribution in [0.3, 0.4) is 0 Å². The van der Waals surface area contributed by atoms with Gasteiger partial charge in [-0.1, -0.05) is 24.6 Å². The van der Waals surface area contributed by atoms with Gasteiger partial charge >= 0.3 is 0 Å². The molecule has 1 saturated heterocycles. The van der Waals surface area contributed by atoms with Crippen molar-refractivity contribution in [2.45, 2.75) is 25.3 Å². The summed E-state index contributed by atoms with van der Waals surface area (Å²) in [5.74, 6) is 0.972. The number of ether oxygens (including phenoxy) is 1. The zero-order valence-electron chi connectivity index (χ0n) is 8.41. The third-order valence-corrected chi connectivity index (χ3v) is 2.61. The molecule has 0 aliphatic carbocycles. The molecule has 1 aromatic carbocycles. The van der Waals surface area contributed by atoms with Gasteiger partial charge in [0.25, 0.3) is 0 Å². The van der Waals surface area contributed by atoms with Crippen molar-refractivity contribution in [3.8, 4) is 5.75 Å². The fraction of sp³-hybridized carbons (Fsp3) is 0.500. The van der Waals surface area contributed by atoms with Crippen LogP contribution in [-0.2, 0) is 0 Å². The quantitative estimate of drug-likeness (QED) is 0.791. The average Bonchev–Trinajstić information content (AvgIpc) is 2.29. The molecule has 0 amide bonds. The minimum absolute atomic E-state index is 0.545. The fourth-order valence-corrected chi connectivity index (χ4v) is 1.78. The summed E-state index contributed by atoms with van der Waals surface area (Å²) in [4.78, 5) is 0. The second kappa shape index (κ2) is 5.01. The van der Waals surface area contributed by atoms with E-state index in [0.717, 1.165) is 18.9 Å². The summed E-state index contributed by atoms with van der Waals surface area (Å²) in [6, 6.07) is 10.6. The van der Waals surface area contributed by atoms with Gasteiger partial charge in [-0.2, -0.15) is 0 Å². The Morgan fingerprint density at radius 1 is 1.21 bits per heavy atom. The van der Waals surface area contributed by atoms with E-state index >= 15 is 0 Å². The van der Waals surface area contributed by atoms with Crippen LogP contribution in [0.2, 0.25) is 0 Å². The monoisotopic (exact) mass is 191 g/mol. The highest BCUT2D eigenvalue weighted by Crippen LogP contribution is 2.11. The third kappa shape index (κ3) is 2.74. The van der Waals surface area contributed by atoms with E-state index in [0.29, 0.717) is 6.04 Å². The minimum Gasteiger partial charge on any atom is -0.492 e. The predicted molar refractivity (Wildman–Crippen MR) is 57.6 cm³/mol. The molecule has 0 aromatic heterocycles. The van der Waals surface area contributed by atoms with Gasteiger partial charge in [0.15, 0.2) is 0 Å². The molecule has 1 fully saturated rings. The Morgan fingerprint density at radius 2 is 2.07 bits per heavy atom. The van der Waals surface area contributed by atoms with E-state index in [4.69, 9.17) is 4.74 Å². The maximum atomic E-state index is 5.68. The number of hydrogen-bond acceptors (Lipinski definition) is 2. The molecule has 2 heteroatoms. The minimum atomic E-state index is 0.545. The zero-order valence-corrected chi connectivity index (χ0v) is 8.41. The molecule has 2 nitrogen and oxygen atoms in total. The lowest BCUT2D eigenvalue weighted by Crippen LogP contribution is -2.38. The van der Waals surface area contributed by atoms with Gasteiger partial charge in [-0.15, -0.1) is 0 Å². The van der Waals surface area contributed by atoms with Gasteiger partial charge in [0.2, 0.25) is 0 Å².